The Labute approximate surface area is 363 Å². The van der Waals surface area contributed by atoms with E-state index in [9.17, 15) is 44.1 Å². The van der Waals surface area contributed by atoms with E-state index in [1.807, 2.05) is 24.5 Å². The van der Waals surface area contributed by atoms with Crippen LogP contribution in [-0.2, 0) is 40.0 Å². The van der Waals surface area contributed by atoms with Gasteiger partial charge in [-0.25, -0.2) is 9.18 Å². The molecule has 5 aliphatic carbocycles. The Kier molecular flexibility index (Phi) is 11.8. The van der Waals surface area contributed by atoms with Crippen molar-refractivity contribution >= 4 is 46.2 Å². The molecule has 8 atom stereocenters. The highest BCUT2D eigenvalue weighted by Crippen LogP contribution is 2.67. The number of carbonyl (C=O) groups is 5. The molecule has 0 radical (unpaired) electrons. The van der Waals surface area contributed by atoms with Crippen molar-refractivity contribution in [2.75, 3.05) is 45.0 Å². The van der Waals surface area contributed by atoms with Crippen LogP contribution in [0.25, 0.3) is 10.9 Å². The first kappa shape index (κ1) is 44.5. The Morgan fingerprint density at radius 1 is 1.00 bits per heavy atom. The number of hydrogen-bond acceptors (Lipinski definition) is 14. The lowest BCUT2D eigenvalue weighted by molar-refractivity contribution is -0.181. The number of allylic oxidation sites excluding steroid dienone is 4. The van der Waals surface area contributed by atoms with Crippen LogP contribution in [0.1, 0.15) is 90.2 Å². The van der Waals surface area contributed by atoms with Crippen molar-refractivity contribution in [1.29, 1.82) is 0 Å². The van der Waals surface area contributed by atoms with Crippen molar-refractivity contribution < 1.29 is 62.6 Å². The number of piperazine rings is 1. The number of aliphatic hydroxyl groups excluding tert-OH is 2. The number of rotatable bonds is 12. The lowest BCUT2D eigenvalue weighted by Crippen LogP contribution is -2.61. The number of aliphatic hydroxyl groups is 3. The molecule has 1 aromatic heterocycles. The smallest absolute Gasteiger partial charge is 0.413 e. The van der Waals surface area contributed by atoms with Gasteiger partial charge in [0.1, 0.15) is 11.3 Å². The van der Waals surface area contributed by atoms with Gasteiger partial charge >= 0.3 is 18.0 Å². The van der Waals surface area contributed by atoms with E-state index in [1.165, 1.54) is 18.1 Å². The highest BCUT2D eigenvalue weighted by molar-refractivity contribution is 6.01. The molecular formula is C46H56FN3O13. The first-order valence-corrected chi connectivity index (χ1v) is 21.9. The van der Waals surface area contributed by atoms with Crippen LogP contribution < -0.4 is 15.1 Å². The second-order valence-corrected chi connectivity index (χ2v) is 18.6. The van der Waals surface area contributed by atoms with Gasteiger partial charge in [-0.05, 0) is 81.9 Å². The minimum absolute atomic E-state index is 0.0114. The summed E-state index contributed by atoms with van der Waals surface area (Å²) in [6.45, 7) is 4.19. The van der Waals surface area contributed by atoms with Gasteiger partial charge in [0.15, 0.2) is 29.4 Å². The molecule has 1 amide bonds. The topological polar surface area (TPSA) is 211 Å². The summed E-state index contributed by atoms with van der Waals surface area (Å²) in [4.78, 5) is 80.1. The van der Waals surface area contributed by atoms with Crippen LogP contribution in [0.2, 0.25) is 0 Å². The lowest BCUT2D eigenvalue weighted by Gasteiger charge is -2.59. The summed E-state index contributed by atoms with van der Waals surface area (Å²) >= 11 is 0. The van der Waals surface area contributed by atoms with E-state index in [0.717, 1.165) is 24.8 Å². The molecule has 63 heavy (non-hydrogen) atoms. The Bertz CT molecular complexity index is 2360. The summed E-state index contributed by atoms with van der Waals surface area (Å²) in [7, 11) is 1.40. The molecule has 4 saturated carbocycles. The van der Waals surface area contributed by atoms with E-state index >= 15 is 4.39 Å². The van der Waals surface area contributed by atoms with Gasteiger partial charge in [-0.2, -0.15) is 0 Å². The van der Waals surface area contributed by atoms with Crippen LogP contribution in [-0.4, -0.2) is 112 Å². The Morgan fingerprint density at radius 3 is 2.41 bits per heavy atom. The number of carbonyl (C=O) groups excluding carboxylic acids is 5. The van der Waals surface area contributed by atoms with Gasteiger partial charge in [0.2, 0.25) is 12.6 Å². The number of halogens is 1. The number of fused-ring (bicyclic) bond motifs is 6. The third kappa shape index (κ3) is 7.62. The molecule has 0 spiro atoms. The summed E-state index contributed by atoms with van der Waals surface area (Å²) in [5, 5.41) is 33.4. The summed E-state index contributed by atoms with van der Waals surface area (Å²) in [5.74, 6) is -3.17. The molecule has 6 unspecified atom stereocenters. The van der Waals surface area contributed by atoms with E-state index in [4.69, 9.17) is 18.9 Å². The van der Waals surface area contributed by atoms with Crippen molar-refractivity contribution in [2.24, 2.45) is 28.6 Å². The monoisotopic (exact) mass is 877 g/mol. The average molecular weight is 878 g/mol. The zero-order valence-corrected chi connectivity index (χ0v) is 36.1. The van der Waals surface area contributed by atoms with Gasteiger partial charge < -0.3 is 48.6 Å². The molecule has 340 valence electrons. The fourth-order valence-corrected chi connectivity index (χ4v) is 11.8. The van der Waals surface area contributed by atoms with Crippen LogP contribution in [0.5, 0.6) is 5.75 Å². The van der Waals surface area contributed by atoms with Gasteiger partial charge in [0, 0.05) is 60.2 Å². The minimum Gasteiger partial charge on any atom is -0.492 e. The summed E-state index contributed by atoms with van der Waals surface area (Å²) < 4.78 is 38.9. The minimum atomic E-state index is -1.83. The number of anilines is 1. The van der Waals surface area contributed by atoms with Crippen molar-refractivity contribution in [3.8, 4) is 5.75 Å². The molecule has 3 N–H and O–H groups in total. The highest BCUT2D eigenvalue weighted by atomic mass is 19.1. The molecule has 1 aliphatic heterocycles. The molecule has 16 nitrogen and oxygen atoms in total. The molecule has 1 aromatic carbocycles. The van der Waals surface area contributed by atoms with Gasteiger partial charge in [-0.3, -0.25) is 24.0 Å². The fourth-order valence-electron chi connectivity index (χ4n) is 11.8. The fraction of sp³-hybridized carbons (Fsp3) is 0.609. The third-order valence-electron chi connectivity index (χ3n) is 15.2. The van der Waals surface area contributed by atoms with Crippen LogP contribution in [0.3, 0.4) is 0 Å². The summed E-state index contributed by atoms with van der Waals surface area (Å²) in [6.07, 6.45) is 8.28. The van der Waals surface area contributed by atoms with Gasteiger partial charge in [0.05, 0.1) is 43.6 Å². The van der Waals surface area contributed by atoms with Crippen molar-refractivity contribution in [2.45, 2.75) is 109 Å². The molecule has 0 bridgehead atoms. The van der Waals surface area contributed by atoms with Crippen molar-refractivity contribution in [3.63, 3.8) is 0 Å². The number of nitrogens with zero attached hydrogens (tertiary/aromatic N) is 3. The van der Waals surface area contributed by atoms with E-state index in [2.05, 4.69) is 0 Å². The second-order valence-electron chi connectivity index (χ2n) is 18.6. The number of methoxy groups -OCH3 is 1. The Hall–Kier alpha value is -5.13. The number of hydrogen-bond donors (Lipinski definition) is 3. The quantitative estimate of drug-likeness (QED) is 0.203. The number of pyridine rings is 1. The zero-order chi connectivity index (χ0) is 45.2. The highest BCUT2D eigenvalue weighted by Gasteiger charge is 2.68. The maximum Gasteiger partial charge on any atom is 0.413 e. The number of aromatic nitrogens is 1. The maximum absolute atomic E-state index is 15.8. The molecule has 1 saturated heterocycles. The van der Waals surface area contributed by atoms with E-state index < -0.39 is 96.5 Å². The van der Waals surface area contributed by atoms with Gasteiger partial charge in [-0.15, -0.1) is 0 Å². The van der Waals surface area contributed by atoms with Gasteiger partial charge in [0.25, 0.3) is 0 Å². The lowest BCUT2D eigenvalue weighted by atomic mass is 9.46. The first-order chi connectivity index (χ1) is 29.9. The molecule has 2 aromatic rings. The largest absolute Gasteiger partial charge is 0.492 e. The normalized spacial score (nSPS) is 31.1. The summed E-state index contributed by atoms with van der Waals surface area (Å²) in [5.41, 5.74) is -2.01. The molecule has 5 fully saturated rings. The standard InChI is InChI=1S/C46H56FN3O13/c1-25-20-48(40-33(47)18-31-39(42(40)60-4)50(28-6-7-28)21-26(22-51)41(31)57)15-16-49(25)43(58)63-24-62-37(56)10-9-36(55)61-23-35(54)46(59)14-12-32-30-8-5-27-17-29(52)11-13-44(27,2)38(30)34(53)19-45(32,46)3/h11,13,17-18,21,25,28,30,32,34,38,51,53,59H,5-10,12,14-16,19-20,22-24H2,1-4H3/t25?,30?,32?,34?,38?,44-,45?,46-/m0/s1. The Morgan fingerprint density at radius 2 is 1.73 bits per heavy atom. The van der Waals surface area contributed by atoms with Crippen molar-refractivity contribution in [3.05, 3.63) is 57.7 Å². The van der Waals surface area contributed by atoms with Crippen LogP contribution in [0, 0.1) is 34.4 Å². The first-order valence-electron chi connectivity index (χ1n) is 21.9. The second kappa shape index (κ2) is 16.8. The number of esters is 2. The predicted molar refractivity (Wildman–Crippen MR) is 223 cm³/mol. The number of ketones is 2. The van der Waals surface area contributed by atoms with Gasteiger partial charge in [-0.1, -0.05) is 25.5 Å². The number of amides is 1. The van der Waals surface area contributed by atoms with Crippen molar-refractivity contribution in [1.82, 2.24) is 9.47 Å². The molecule has 17 heteroatoms. The van der Waals surface area contributed by atoms with Crippen LogP contribution >= 0.6 is 0 Å². The number of ether oxygens (including phenoxy) is 4. The SMILES string of the molecule is COc1c(N2CCN(C(=O)OCOC(=O)CCC(=O)OCC(=O)[C@@]3(O)CCC4C5CCC6=CC(=O)C=C[C@]6(C)C5C(O)CC43C)C(C)C2)c(F)cc2c(=O)c(CO)cn(C3CC3)c12. The van der Waals surface area contributed by atoms with Crippen LogP contribution in [0.15, 0.2) is 40.9 Å². The molecule has 8 rings (SSSR count). The van der Waals surface area contributed by atoms with E-state index in [1.54, 1.807) is 30.2 Å². The maximum atomic E-state index is 15.8. The summed E-state index contributed by atoms with van der Waals surface area (Å²) in [6, 6.07) is 0.773. The zero-order valence-electron chi connectivity index (χ0n) is 36.1. The Balaban J connectivity index is 0.795. The van der Waals surface area contributed by atoms with Crippen LogP contribution in [0.4, 0.5) is 14.9 Å². The molecule has 6 aliphatic rings. The van der Waals surface area contributed by atoms with E-state index in [-0.39, 0.29) is 84.4 Å². The molecular weight excluding hydrogens is 822 g/mol. The number of benzene rings is 1. The molecule has 2 heterocycles. The number of Topliss-reactive ketones (excluding diaryl/α,β-unsaturated/α-hetero) is 1. The third-order valence-corrected chi connectivity index (χ3v) is 15.2. The predicted octanol–water partition coefficient (Wildman–Crippen LogP) is 4.03. The van der Waals surface area contributed by atoms with E-state index in [0.29, 0.717) is 18.4 Å². The average Bonchev–Trinajstić information content (AvgIpc) is 4.06.